The third-order valence-corrected chi connectivity index (χ3v) is 2.99. The van der Waals surface area contributed by atoms with Crippen LogP contribution in [0.4, 0.5) is 5.69 Å². The Labute approximate surface area is 118 Å². The first-order chi connectivity index (χ1) is 8.94. The summed E-state index contributed by atoms with van der Waals surface area (Å²) in [5.41, 5.74) is 2.74. The molecule has 0 radical (unpaired) electrons. The molecule has 0 saturated heterocycles. The molecule has 1 rings (SSSR count). The van der Waals surface area contributed by atoms with E-state index in [2.05, 4.69) is 62.3 Å². The number of likely N-dealkylation sites (N-methyl/N-ethyl adjacent to an activating group) is 1. The largest absolute Gasteiger partial charge is 0.380 e. The third kappa shape index (κ3) is 6.08. The van der Waals surface area contributed by atoms with Crippen LogP contribution in [0.5, 0.6) is 0 Å². The molecule has 0 aliphatic rings. The van der Waals surface area contributed by atoms with Gasteiger partial charge in [-0.3, -0.25) is 0 Å². The molecule has 0 aliphatic carbocycles. The standard InChI is InChI=1S/C16H28N2O/c1-6-19-12-11-18(5)15-10-8-7-9-14(15)13-17-16(2,3)4/h7-10,17H,6,11-13H2,1-5H3. The van der Waals surface area contributed by atoms with Crippen molar-refractivity contribution in [1.29, 1.82) is 0 Å². The van der Waals surface area contributed by atoms with Crippen LogP contribution in [0.1, 0.15) is 33.3 Å². The van der Waals surface area contributed by atoms with E-state index in [4.69, 9.17) is 4.74 Å². The van der Waals surface area contributed by atoms with Crippen LogP contribution in [-0.2, 0) is 11.3 Å². The first-order valence-corrected chi connectivity index (χ1v) is 7.06. The van der Waals surface area contributed by atoms with E-state index in [-0.39, 0.29) is 5.54 Å². The molecule has 0 unspecified atom stereocenters. The summed E-state index contributed by atoms with van der Waals surface area (Å²) in [6, 6.07) is 8.55. The van der Waals surface area contributed by atoms with E-state index in [1.54, 1.807) is 0 Å². The lowest BCUT2D eigenvalue weighted by Gasteiger charge is -2.25. The van der Waals surface area contributed by atoms with E-state index < -0.39 is 0 Å². The van der Waals surface area contributed by atoms with Crippen LogP contribution in [0, 0.1) is 0 Å². The Morgan fingerprint density at radius 1 is 1.21 bits per heavy atom. The Hall–Kier alpha value is -1.06. The van der Waals surface area contributed by atoms with Gasteiger partial charge in [0.2, 0.25) is 0 Å². The van der Waals surface area contributed by atoms with Gasteiger partial charge in [-0.15, -0.1) is 0 Å². The van der Waals surface area contributed by atoms with Crippen LogP contribution in [0.3, 0.4) is 0 Å². The highest BCUT2D eigenvalue weighted by molar-refractivity contribution is 5.53. The van der Waals surface area contributed by atoms with E-state index >= 15 is 0 Å². The van der Waals surface area contributed by atoms with Gasteiger partial charge in [0.05, 0.1) is 6.61 Å². The summed E-state index contributed by atoms with van der Waals surface area (Å²) in [5, 5.41) is 3.54. The maximum atomic E-state index is 5.42. The van der Waals surface area contributed by atoms with Crippen molar-refractivity contribution in [2.24, 2.45) is 0 Å². The molecular formula is C16H28N2O. The molecule has 3 heteroatoms. The number of nitrogens with one attached hydrogen (secondary N) is 1. The molecule has 0 bridgehead atoms. The molecule has 0 atom stereocenters. The summed E-state index contributed by atoms with van der Waals surface area (Å²) in [7, 11) is 2.12. The van der Waals surface area contributed by atoms with Crippen molar-refractivity contribution in [1.82, 2.24) is 5.32 Å². The number of anilines is 1. The molecule has 0 heterocycles. The summed E-state index contributed by atoms with van der Waals surface area (Å²) < 4.78 is 5.42. The second-order valence-corrected chi connectivity index (χ2v) is 5.85. The van der Waals surface area contributed by atoms with Crippen LogP contribution in [0.25, 0.3) is 0 Å². The number of hydrogen-bond donors (Lipinski definition) is 1. The average molecular weight is 264 g/mol. The van der Waals surface area contributed by atoms with Gasteiger partial charge in [-0.2, -0.15) is 0 Å². The maximum absolute atomic E-state index is 5.42. The molecule has 0 amide bonds. The van der Waals surface area contributed by atoms with Crippen molar-refractivity contribution < 1.29 is 4.74 Å². The van der Waals surface area contributed by atoms with Crippen LogP contribution >= 0.6 is 0 Å². The smallest absolute Gasteiger partial charge is 0.0641 e. The predicted octanol–water partition coefficient (Wildman–Crippen LogP) is 3.05. The molecule has 0 saturated carbocycles. The Morgan fingerprint density at radius 2 is 1.89 bits per heavy atom. The predicted molar refractivity (Wildman–Crippen MR) is 82.8 cm³/mol. The van der Waals surface area contributed by atoms with Crippen molar-refractivity contribution in [3.05, 3.63) is 29.8 Å². The van der Waals surface area contributed by atoms with Gasteiger partial charge < -0.3 is 15.0 Å². The van der Waals surface area contributed by atoms with Crippen LogP contribution < -0.4 is 10.2 Å². The zero-order valence-corrected chi connectivity index (χ0v) is 13.0. The fraction of sp³-hybridized carbons (Fsp3) is 0.625. The molecule has 3 nitrogen and oxygen atoms in total. The van der Waals surface area contributed by atoms with Gasteiger partial charge >= 0.3 is 0 Å². The lowest BCUT2D eigenvalue weighted by atomic mass is 10.1. The molecule has 19 heavy (non-hydrogen) atoms. The minimum absolute atomic E-state index is 0.136. The van der Waals surface area contributed by atoms with Gasteiger partial charge in [-0.25, -0.2) is 0 Å². The number of benzene rings is 1. The minimum atomic E-state index is 0.136. The van der Waals surface area contributed by atoms with Crippen LogP contribution in [-0.4, -0.2) is 32.3 Å². The van der Waals surface area contributed by atoms with E-state index in [9.17, 15) is 0 Å². The van der Waals surface area contributed by atoms with E-state index in [0.29, 0.717) is 0 Å². The van der Waals surface area contributed by atoms with E-state index in [1.807, 2.05) is 6.92 Å². The molecule has 0 aromatic heterocycles. The zero-order valence-electron chi connectivity index (χ0n) is 13.0. The number of para-hydroxylation sites is 1. The average Bonchev–Trinajstić information content (AvgIpc) is 2.36. The van der Waals surface area contributed by atoms with Gasteiger partial charge in [0, 0.05) is 38.0 Å². The van der Waals surface area contributed by atoms with Gasteiger partial charge in [0.15, 0.2) is 0 Å². The zero-order chi connectivity index (χ0) is 14.3. The van der Waals surface area contributed by atoms with E-state index in [0.717, 1.165) is 26.3 Å². The van der Waals surface area contributed by atoms with Gasteiger partial charge in [-0.1, -0.05) is 18.2 Å². The molecule has 108 valence electrons. The molecule has 1 N–H and O–H groups in total. The van der Waals surface area contributed by atoms with Gasteiger partial charge in [-0.05, 0) is 39.3 Å². The fourth-order valence-electron chi connectivity index (χ4n) is 1.86. The third-order valence-electron chi connectivity index (χ3n) is 2.99. The first kappa shape index (κ1) is 16.0. The van der Waals surface area contributed by atoms with Crippen molar-refractivity contribution >= 4 is 5.69 Å². The normalized spacial score (nSPS) is 11.6. The molecule has 0 spiro atoms. The van der Waals surface area contributed by atoms with Crippen molar-refractivity contribution in [2.75, 3.05) is 31.7 Å². The van der Waals surface area contributed by atoms with Crippen LogP contribution in [0.2, 0.25) is 0 Å². The van der Waals surface area contributed by atoms with E-state index in [1.165, 1.54) is 11.3 Å². The summed E-state index contributed by atoms with van der Waals surface area (Å²) in [5.74, 6) is 0. The fourth-order valence-corrected chi connectivity index (χ4v) is 1.86. The van der Waals surface area contributed by atoms with Crippen LogP contribution in [0.15, 0.2) is 24.3 Å². The number of hydrogen-bond acceptors (Lipinski definition) is 3. The molecule has 1 aromatic carbocycles. The van der Waals surface area contributed by atoms with Crippen molar-refractivity contribution in [2.45, 2.75) is 39.8 Å². The lowest BCUT2D eigenvalue weighted by molar-refractivity contribution is 0.154. The highest BCUT2D eigenvalue weighted by Gasteiger charge is 2.11. The summed E-state index contributed by atoms with van der Waals surface area (Å²) in [4.78, 5) is 2.26. The summed E-state index contributed by atoms with van der Waals surface area (Å²) in [6.07, 6.45) is 0. The monoisotopic (exact) mass is 264 g/mol. The maximum Gasteiger partial charge on any atom is 0.0641 e. The molecule has 1 aromatic rings. The minimum Gasteiger partial charge on any atom is -0.380 e. The highest BCUT2D eigenvalue weighted by atomic mass is 16.5. The second kappa shape index (κ2) is 7.51. The van der Waals surface area contributed by atoms with Gasteiger partial charge in [0.1, 0.15) is 0 Å². The second-order valence-electron chi connectivity index (χ2n) is 5.85. The quantitative estimate of drug-likeness (QED) is 0.766. The topological polar surface area (TPSA) is 24.5 Å². The molecule has 0 aliphatic heterocycles. The highest BCUT2D eigenvalue weighted by Crippen LogP contribution is 2.19. The summed E-state index contributed by atoms with van der Waals surface area (Å²) in [6.45, 7) is 12.0. The molecular weight excluding hydrogens is 236 g/mol. The number of nitrogens with zero attached hydrogens (tertiary/aromatic N) is 1. The Kier molecular flexibility index (Phi) is 6.32. The number of ether oxygens (including phenoxy) is 1. The lowest BCUT2D eigenvalue weighted by Crippen LogP contribution is -2.35. The first-order valence-electron chi connectivity index (χ1n) is 7.06. The molecule has 0 fully saturated rings. The SMILES string of the molecule is CCOCCN(C)c1ccccc1CNC(C)(C)C. The van der Waals surface area contributed by atoms with Crippen molar-refractivity contribution in [3.8, 4) is 0 Å². The Bertz CT molecular complexity index is 371. The Balaban J connectivity index is 2.66. The number of rotatable bonds is 7. The summed E-state index contributed by atoms with van der Waals surface area (Å²) >= 11 is 0. The van der Waals surface area contributed by atoms with Gasteiger partial charge in [0.25, 0.3) is 0 Å². The van der Waals surface area contributed by atoms with Crippen molar-refractivity contribution in [3.63, 3.8) is 0 Å². The Morgan fingerprint density at radius 3 is 2.53 bits per heavy atom.